The lowest BCUT2D eigenvalue weighted by Gasteiger charge is -2.38. The zero-order chi connectivity index (χ0) is 20.3. The number of amides is 1. The standard InChI is InChI=1S/C20H25BrN4O3/c1-13(24-19(26)28-20(2,3)4)14-5-7-16(8-6-14)27-17-11-25(12-17)18-22-9-15(21)10-23-18/h5-10,13,17H,11-12H2,1-4H3,(H,24,26). The molecule has 0 aliphatic carbocycles. The number of alkyl carbamates (subject to hydrolysis) is 1. The molecule has 1 atom stereocenters. The van der Waals surface area contributed by atoms with E-state index in [0.717, 1.165) is 28.9 Å². The second kappa shape index (κ2) is 8.34. The lowest BCUT2D eigenvalue weighted by Crippen LogP contribution is -2.54. The van der Waals surface area contributed by atoms with Crippen molar-refractivity contribution in [1.82, 2.24) is 15.3 Å². The number of rotatable bonds is 5. The van der Waals surface area contributed by atoms with Crippen molar-refractivity contribution < 1.29 is 14.3 Å². The summed E-state index contributed by atoms with van der Waals surface area (Å²) in [6, 6.07) is 7.58. The summed E-state index contributed by atoms with van der Waals surface area (Å²) < 4.78 is 12.1. The Bertz CT molecular complexity index is 800. The molecule has 1 unspecified atom stereocenters. The van der Waals surface area contributed by atoms with E-state index < -0.39 is 11.7 Å². The van der Waals surface area contributed by atoms with E-state index >= 15 is 0 Å². The molecule has 0 spiro atoms. The summed E-state index contributed by atoms with van der Waals surface area (Å²) in [5.74, 6) is 1.51. The summed E-state index contributed by atoms with van der Waals surface area (Å²) in [4.78, 5) is 22.5. The first-order chi connectivity index (χ1) is 13.2. The highest BCUT2D eigenvalue weighted by Gasteiger charge is 2.30. The summed E-state index contributed by atoms with van der Waals surface area (Å²) in [7, 11) is 0. The number of halogens is 1. The molecule has 2 heterocycles. The fraction of sp³-hybridized carbons (Fsp3) is 0.450. The first-order valence-electron chi connectivity index (χ1n) is 9.18. The molecule has 1 aromatic carbocycles. The summed E-state index contributed by atoms with van der Waals surface area (Å²) in [6.45, 7) is 8.94. The van der Waals surface area contributed by atoms with Crippen LogP contribution in [0.2, 0.25) is 0 Å². The van der Waals surface area contributed by atoms with Gasteiger partial charge in [-0.3, -0.25) is 0 Å². The molecule has 8 heteroatoms. The van der Waals surface area contributed by atoms with Crippen LogP contribution in [0.15, 0.2) is 41.1 Å². The number of hydrogen-bond acceptors (Lipinski definition) is 6. The Kier molecular flexibility index (Phi) is 6.07. The first kappa shape index (κ1) is 20.4. The lowest BCUT2D eigenvalue weighted by atomic mass is 10.1. The van der Waals surface area contributed by atoms with Gasteiger partial charge in [-0.25, -0.2) is 14.8 Å². The van der Waals surface area contributed by atoms with Gasteiger partial charge < -0.3 is 19.7 Å². The van der Waals surface area contributed by atoms with Crippen molar-refractivity contribution in [2.45, 2.75) is 45.4 Å². The fourth-order valence-electron chi connectivity index (χ4n) is 2.74. The summed E-state index contributed by atoms with van der Waals surface area (Å²) in [5.41, 5.74) is 0.469. The average molecular weight is 449 g/mol. The maximum absolute atomic E-state index is 11.9. The van der Waals surface area contributed by atoms with Crippen molar-refractivity contribution in [2.75, 3.05) is 18.0 Å². The van der Waals surface area contributed by atoms with E-state index in [1.807, 2.05) is 52.0 Å². The zero-order valence-corrected chi connectivity index (χ0v) is 18.1. The molecule has 28 heavy (non-hydrogen) atoms. The van der Waals surface area contributed by atoms with Gasteiger partial charge in [0.25, 0.3) is 0 Å². The Morgan fingerprint density at radius 3 is 2.39 bits per heavy atom. The molecule has 1 aromatic heterocycles. The van der Waals surface area contributed by atoms with Crippen LogP contribution in [0.25, 0.3) is 0 Å². The predicted octanol–water partition coefficient (Wildman–Crippen LogP) is 4.09. The molecule has 1 N–H and O–H groups in total. The SMILES string of the molecule is CC(NC(=O)OC(C)(C)C)c1ccc(OC2CN(c3ncc(Br)cn3)C2)cc1. The molecule has 1 amide bonds. The molecule has 1 aliphatic heterocycles. The third-order valence-electron chi connectivity index (χ3n) is 4.15. The normalized spacial score (nSPS) is 15.5. The second-order valence-corrected chi connectivity index (χ2v) is 8.70. The maximum Gasteiger partial charge on any atom is 0.408 e. The van der Waals surface area contributed by atoms with Gasteiger partial charge in [0, 0.05) is 12.4 Å². The number of ether oxygens (including phenoxy) is 2. The second-order valence-electron chi connectivity index (χ2n) is 7.78. The van der Waals surface area contributed by atoms with Gasteiger partial charge in [0.1, 0.15) is 17.5 Å². The van der Waals surface area contributed by atoms with E-state index in [-0.39, 0.29) is 12.1 Å². The minimum Gasteiger partial charge on any atom is -0.487 e. The number of hydrogen-bond donors (Lipinski definition) is 1. The molecule has 2 aromatic rings. The lowest BCUT2D eigenvalue weighted by molar-refractivity contribution is 0.0508. The van der Waals surface area contributed by atoms with E-state index in [0.29, 0.717) is 5.95 Å². The molecule has 3 rings (SSSR count). The molecule has 7 nitrogen and oxygen atoms in total. The predicted molar refractivity (Wildman–Crippen MR) is 111 cm³/mol. The van der Waals surface area contributed by atoms with Crippen LogP contribution in [0.4, 0.5) is 10.7 Å². The van der Waals surface area contributed by atoms with Crippen molar-refractivity contribution in [3.63, 3.8) is 0 Å². The molecular weight excluding hydrogens is 424 g/mol. The highest BCUT2D eigenvalue weighted by molar-refractivity contribution is 9.10. The molecule has 150 valence electrons. The van der Waals surface area contributed by atoms with Crippen molar-refractivity contribution in [1.29, 1.82) is 0 Å². The van der Waals surface area contributed by atoms with Gasteiger partial charge in [0.15, 0.2) is 0 Å². The van der Waals surface area contributed by atoms with Gasteiger partial charge in [0.05, 0.1) is 23.6 Å². The van der Waals surface area contributed by atoms with Crippen LogP contribution in [0.5, 0.6) is 5.75 Å². The van der Waals surface area contributed by atoms with Gasteiger partial charge in [-0.05, 0) is 61.3 Å². The minimum atomic E-state index is -0.514. The monoisotopic (exact) mass is 448 g/mol. The Morgan fingerprint density at radius 1 is 1.21 bits per heavy atom. The van der Waals surface area contributed by atoms with Crippen molar-refractivity contribution >= 4 is 28.0 Å². The number of benzene rings is 1. The van der Waals surface area contributed by atoms with Gasteiger partial charge >= 0.3 is 6.09 Å². The van der Waals surface area contributed by atoms with Crippen molar-refractivity contribution in [3.05, 3.63) is 46.7 Å². The van der Waals surface area contributed by atoms with E-state index in [4.69, 9.17) is 9.47 Å². The van der Waals surface area contributed by atoms with E-state index in [9.17, 15) is 4.79 Å². The molecule has 1 fully saturated rings. The van der Waals surface area contributed by atoms with Crippen LogP contribution in [0.1, 0.15) is 39.3 Å². The molecule has 0 radical (unpaired) electrons. The Labute approximate surface area is 173 Å². The van der Waals surface area contributed by atoms with Crippen LogP contribution in [0, 0.1) is 0 Å². The van der Waals surface area contributed by atoms with Crippen LogP contribution in [0.3, 0.4) is 0 Å². The number of nitrogens with zero attached hydrogens (tertiary/aromatic N) is 3. The number of carbonyl (C=O) groups is 1. The van der Waals surface area contributed by atoms with Gasteiger partial charge in [-0.2, -0.15) is 0 Å². The highest BCUT2D eigenvalue weighted by atomic mass is 79.9. The summed E-state index contributed by atoms with van der Waals surface area (Å²) in [5, 5.41) is 2.84. The summed E-state index contributed by atoms with van der Waals surface area (Å²) >= 11 is 3.33. The number of anilines is 1. The number of nitrogens with one attached hydrogen (secondary N) is 1. The van der Waals surface area contributed by atoms with Crippen LogP contribution < -0.4 is 15.0 Å². The Morgan fingerprint density at radius 2 is 1.82 bits per heavy atom. The largest absolute Gasteiger partial charge is 0.487 e. The van der Waals surface area contributed by atoms with Crippen molar-refractivity contribution in [2.24, 2.45) is 0 Å². The third-order valence-corrected chi connectivity index (χ3v) is 4.56. The topological polar surface area (TPSA) is 76.6 Å². The maximum atomic E-state index is 11.9. The van der Waals surface area contributed by atoms with E-state index in [2.05, 4.69) is 36.1 Å². The van der Waals surface area contributed by atoms with Crippen LogP contribution >= 0.6 is 15.9 Å². The Hall–Kier alpha value is -2.35. The van der Waals surface area contributed by atoms with Crippen LogP contribution in [-0.2, 0) is 4.74 Å². The molecular formula is C20H25BrN4O3. The smallest absolute Gasteiger partial charge is 0.408 e. The van der Waals surface area contributed by atoms with Gasteiger partial charge in [-0.1, -0.05) is 12.1 Å². The van der Waals surface area contributed by atoms with Gasteiger partial charge in [0.2, 0.25) is 5.95 Å². The number of aromatic nitrogens is 2. The minimum absolute atomic E-state index is 0.107. The van der Waals surface area contributed by atoms with Crippen LogP contribution in [-0.4, -0.2) is 40.9 Å². The fourth-order valence-corrected chi connectivity index (χ4v) is 2.94. The molecule has 1 aliphatic rings. The van der Waals surface area contributed by atoms with E-state index in [1.54, 1.807) is 12.4 Å². The van der Waals surface area contributed by atoms with Crippen molar-refractivity contribution in [3.8, 4) is 5.75 Å². The first-order valence-corrected chi connectivity index (χ1v) is 9.97. The zero-order valence-electron chi connectivity index (χ0n) is 16.5. The Balaban J connectivity index is 1.47. The third kappa shape index (κ3) is 5.58. The molecule has 0 saturated carbocycles. The molecule has 0 bridgehead atoms. The summed E-state index contributed by atoms with van der Waals surface area (Å²) in [6.07, 6.45) is 3.16. The van der Waals surface area contributed by atoms with E-state index in [1.165, 1.54) is 0 Å². The number of carbonyl (C=O) groups excluding carboxylic acids is 1. The highest BCUT2D eigenvalue weighted by Crippen LogP contribution is 2.23. The van der Waals surface area contributed by atoms with Gasteiger partial charge in [-0.15, -0.1) is 0 Å². The molecule has 1 saturated heterocycles. The average Bonchev–Trinajstić information content (AvgIpc) is 2.57. The quantitative estimate of drug-likeness (QED) is 0.741.